The first-order valence-corrected chi connectivity index (χ1v) is 10.5. The summed E-state index contributed by atoms with van der Waals surface area (Å²) in [5.74, 6) is 3.09. The lowest BCUT2D eigenvalue weighted by molar-refractivity contribution is 0.896. The highest BCUT2D eigenvalue weighted by molar-refractivity contribution is 7.98. The van der Waals surface area contributed by atoms with Crippen LogP contribution in [0.25, 0.3) is 18.8 Å². The molecule has 0 spiro atoms. The quantitative estimate of drug-likeness (QED) is 0.343. The van der Waals surface area contributed by atoms with Crippen LogP contribution in [-0.2, 0) is 11.6 Å². The van der Waals surface area contributed by atoms with Crippen LogP contribution in [0.1, 0.15) is 29.5 Å². The number of halogens is 1. The first-order chi connectivity index (χ1) is 9.31. The van der Waals surface area contributed by atoms with Gasteiger partial charge in [0.2, 0.25) is 0 Å². The fourth-order valence-electron chi connectivity index (χ4n) is 1.99. The Morgan fingerprint density at radius 1 is 1.05 bits per heavy atom. The molecule has 5 heteroatoms. The minimum absolute atomic E-state index is 0.638. The lowest BCUT2D eigenvalue weighted by atomic mass is 10.4. The zero-order valence-electron chi connectivity index (χ0n) is 10.7. The number of fused-ring (bicyclic) bond motifs is 3. The molecular formula is C14H15ClS4. The number of rotatable bonds is 6. The van der Waals surface area contributed by atoms with Gasteiger partial charge in [-0.15, -0.1) is 45.6 Å². The molecule has 0 N–H and O–H groups in total. The molecule has 3 aromatic heterocycles. The minimum Gasteiger partial charge on any atom is -0.156 e. The molecule has 3 heterocycles. The summed E-state index contributed by atoms with van der Waals surface area (Å²) in [6, 6.07) is 4.64. The van der Waals surface area contributed by atoms with E-state index in [1.807, 2.05) is 34.0 Å². The molecule has 0 nitrogen and oxygen atoms in total. The molecule has 0 bridgehead atoms. The zero-order valence-corrected chi connectivity index (χ0v) is 14.7. The van der Waals surface area contributed by atoms with Gasteiger partial charge in [0.15, 0.2) is 0 Å². The Labute approximate surface area is 134 Å². The van der Waals surface area contributed by atoms with Crippen LogP contribution in [0.4, 0.5) is 0 Å². The number of unbranched alkanes of at least 4 members (excludes halogenated alkanes) is 1. The van der Waals surface area contributed by atoms with Crippen molar-refractivity contribution in [2.45, 2.75) is 31.4 Å². The number of hydrogen-bond donors (Lipinski definition) is 0. The number of thioether (sulfide) groups is 1. The maximum atomic E-state index is 5.93. The van der Waals surface area contributed by atoms with Crippen LogP contribution < -0.4 is 0 Å². The molecule has 0 saturated carbocycles. The van der Waals surface area contributed by atoms with E-state index >= 15 is 0 Å². The number of alkyl halides is 1. The lowest BCUT2D eigenvalue weighted by Crippen LogP contribution is -1.78. The highest BCUT2D eigenvalue weighted by Gasteiger charge is 2.12. The summed E-state index contributed by atoms with van der Waals surface area (Å²) < 4.78 is 5.79. The fraction of sp³-hybridized carbons (Fsp3) is 0.429. The molecule has 0 aromatic carbocycles. The van der Waals surface area contributed by atoms with E-state index in [1.54, 1.807) is 0 Å². The average molecular weight is 347 g/mol. The van der Waals surface area contributed by atoms with Crippen LogP contribution in [0.15, 0.2) is 12.1 Å². The van der Waals surface area contributed by atoms with Gasteiger partial charge in [0, 0.05) is 24.9 Å². The van der Waals surface area contributed by atoms with E-state index in [2.05, 4.69) is 30.8 Å². The highest BCUT2D eigenvalue weighted by Crippen LogP contribution is 2.44. The molecule has 3 rings (SSSR count). The van der Waals surface area contributed by atoms with E-state index in [0.29, 0.717) is 5.88 Å². The van der Waals surface area contributed by atoms with Gasteiger partial charge >= 0.3 is 0 Å². The van der Waals surface area contributed by atoms with Gasteiger partial charge in [-0.3, -0.25) is 0 Å². The Morgan fingerprint density at radius 3 is 2.42 bits per heavy atom. The van der Waals surface area contributed by atoms with E-state index in [-0.39, 0.29) is 0 Å². The molecular weight excluding hydrogens is 332 g/mol. The average Bonchev–Trinajstić information content (AvgIpc) is 3.04. The van der Waals surface area contributed by atoms with Crippen molar-refractivity contribution in [3.8, 4) is 0 Å². The molecule has 0 aliphatic carbocycles. The van der Waals surface area contributed by atoms with Gasteiger partial charge in [0.05, 0.1) is 15.3 Å². The molecule has 0 radical (unpaired) electrons. The summed E-state index contributed by atoms with van der Waals surface area (Å²) in [5, 5.41) is 0. The Morgan fingerprint density at radius 2 is 1.74 bits per heavy atom. The summed E-state index contributed by atoms with van der Waals surface area (Å²) in [6.07, 6.45) is 2.63. The van der Waals surface area contributed by atoms with E-state index in [9.17, 15) is 0 Å². The summed E-state index contributed by atoms with van der Waals surface area (Å²) in [7, 11) is 0. The predicted octanol–water partition coefficient (Wildman–Crippen LogP) is 6.95. The standard InChI is InChI=1S/C14H15ClS4/c1-2-3-4-16-8-10-6-12-14(18-10)13-11(19-12)5-9(7-15)17-13/h5-6H,2-4,7-8H2,1H3. The second-order valence-electron chi connectivity index (χ2n) is 4.45. The van der Waals surface area contributed by atoms with Crippen molar-refractivity contribution in [1.82, 2.24) is 0 Å². The first kappa shape index (κ1) is 14.2. The van der Waals surface area contributed by atoms with Crippen LogP contribution in [0.2, 0.25) is 0 Å². The van der Waals surface area contributed by atoms with Crippen molar-refractivity contribution >= 4 is 76.2 Å². The summed E-state index contributed by atoms with van der Waals surface area (Å²) in [5.41, 5.74) is 0. The molecule has 0 unspecified atom stereocenters. The Balaban J connectivity index is 1.82. The largest absolute Gasteiger partial charge is 0.156 e. The van der Waals surface area contributed by atoms with Gasteiger partial charge in [-0.25, -0.2) is 0 Å². The van der Waals surface area contributed by atoms with Crippen molar-refractivity contribution in [2.24, 2.45) is 0 Å². The smallest absolute Gasteiger partial charge is 0.0632 e. The van der Waals surface area contributed by atoms with Crippen LogP contribution in [0, 0.1) is 0 Å². The van der Waals surface area contributed by atoms with E-state index < -0.39 is 0 Å². The predicted molar refractivity (Wildman–Crippen MR) is 95.7 cm³/mol. The number of thiophene rings is 3. The second kappa shape index (κ2) is 6.35. The van der Waals surface area contributed by atoms with Crippen LogP contribution in [0.5, 0.6) is 0 Å². The topological polar surface area (TPSA) is 0 Å². The normalized spacial score (nSPS) is 11.9. The maximum Gasteiger partial charge on any atom is 0.0632 e. The molecule has 0 aliphatic rings. The molecule has 19 heavy (non-hydrogen) atoms. The van der Waals surface area contributed by atoms with Gasteiger partial charge in [0.25, 0.3) is 0 Å². The minimum atomic E-state index is 0.638. The molecule has 0 saturated heterocycles. The third-order valence-corrected chi connectivity index (χ3v) is 8.44. The van der Waals surface area contributed by atoms with Gasteiger partial charge in [-0.1, -0.05) is 13.3 Å². The zero-order chi connectivity index (χ0) is 13.2. The fourth-order valence-corrected chi connectivity index (χ4v) is 7.35. The molecule has 0 amide bonds. The van der Waals surface area contributed by atoms with Crippen molar-refractivity contribution in [3.05, 3.63) is 21.9 Å². The first-order valence-electron chi connectivity index (χ1n) is 6.39. The maximum absolute atomic E-state index is 5.93. The lowest BCUT2D eigenvalue weighted by Gasteiger charge is -1.96. The van der Waals surface area contributed by atoms with Crippen molar-refractivity contribution in [1.29, 1.82) is 0 Å². The third-order valence-electron chi connectivity index (χ3n) is 2.94. The van der Waals surface area contributed by atoms with Crippen LogP contribution in [0.3, 0.4) is 0 Å². The molecule has 0 aliphatic heterocycles. The Kier molecular flexibility index (Phi) is 4.75. The van der Waals surface area contributed by atoms with Crippen molar-refractivity contribution in [3.63, 3.8) is 0 Å². The molecule has 0 atom stereocenters. The molecule has 0 fully saturated rings. The van der Waals surface area contributed by atoms with Crippen molar-refractivity contribution in [2.75, 3.05) is 5.75 Å². The number of hydrogen-bond acceptors (Lipinski definition) is 4. The SMILES string of the molecule is CCCCSCc1cc2sc3cc(CCl)sc3c2s1. The van der Waals surface area contributed by atoms with Crippen LogP contribution in [-0.4, -0.2) is 5.75 Å². The summed E-state index contributed by atoms with van der Waals surface area (Å²) in [4.78, 5) is 2.81. The second-order valence-corrected chi connectivity index (χ2v) is 9.18. The van der Waals surface area contributed by atoms with Gasteiger partial charge in [-0.05, 0) is 24.3 Å². The summed E-state index contributed by atoms with van der Waals surface area (Å²) >= 11 is 13.7. The van der Waals surface area contributed by atoms with Gasteiger partial charge in [0.1, 0.15) is 0 Å². The monoisotopic (exact) mass is 346 g/mol. The highest BCUT2D eigenvalue weighted by atomic mass is 35.5. The van der Waals surface area contributed by atoms with Crippen molar-refractivity contribution < 1.29 is 0 Å². The van der Waals surface area contributed by atoms with Crippen LogP contribution >= 0.6 is 57.4 Å². The van der Waals surface area contributed by atoms with Gasteiger partial charge < -0.3 is 0 Å². The van der Waals surface area contributed by atoms with E-state index in [4.69, 9.17) is 11.6 Å². The molecule has 102 valence electrons. The Bertz CT molecular complexity index is 676. The molecule has 3 aromatic rings. The third kappa shape index (κ3) is 2.98. The van der Waals surface area contributed by atoms with Gasteiger partial charge in [-0.2, -0.15) is 11.8 Å². The summed E-state index contributed by atoms with van der Waals surface area (Å²) in [6.45, 7) is 2.25. The van der Waals surface area contributed by atoms with E-state index in [1.165, 1.54) is 52.9 Å². The van der Waals surface area contributed by atoms with E-state index in [0.717, 1.165) is 0 Å². The Hall–Kier alpha value is 0.260.